The molecule has 150 valence electrons. The van der Waals surface area contributed by atoms with Crippen LogP contribution in [0, 0.1) is 6.92 Å². The molecule has 2 aromatic carbocycles. The van der Waals surface area contributed by atoms with Crippen molar-refractivity contribution in [2.24, 2.45) is 0 Å². The Balaban J connectivity index is 1.42. The summed E-state index contributed by atoms with van der Waals surface area (Å²) in [5.41, 5.74) is 8.77. The molecule has 1 saturated carbocycles. The number of imidazole rings is 1. The van der Waals surface area contributed by atoms with Crippen molar-refractivity contribution in [1.82, 2.24) is 9.55 Å². The third kappa shape index (κ3) is 4.17. The summed E-state index contributed by atoms with van der Waals surface area (Å²) in [5.74, 6) is -0.317. The number of carbonyl (C=O) groups excluding carboxylic acids is 1. The quantitative estimate of drug-likeness (QED) is 0.522. The van der Waals surface area contributed by atoms with Crippen molar-refractivity contribution in [2.75, 3.05) is 5.73 Å². The van der Waals surface area contributed by atoms with Crippen molar-refractivity contribution in [2.45, 2.75) is 44.3 Å². The van der Waals surface area contributed by atoms with E-state index < -0.39 is 5.60 Å². The fourth-order valence-corrected chi connectivity index (χ4v) is 3.88. The van der Waals surface area contributed by atoms with Gasteiger partial charge in [0.2, 0.25) is 0 Å². The number of hydrogen-bond acceptors (Lipinski definition) is 5. The Bertz CT molecular complexity index is 985. The maximum atomic E-state index is 12.2. The lowest BCUT2D eigenvalue weighted by Gasteiger charge is -2.34. The molecule has 0 amide bonds. The van der Waals surface area contributed by atoms with Gasteiger partial charge in [-0.05, 0) is 68.5 Å². The molecule has 0 atom stereocenters. The van der Waals surface area contributed by atoms with Gasteiger partial charge < -0.3 is 20.1 Å². The van der Waals surface area contributed by atoms with E-state index in [0.717, 1.165) is 11.3 Å². The number of nitrogens with zero attached hydrogens (tertiary/aromatic N) is 2. The van der Waals surface area contributed by atoms with Gasteiger partial charge in [-0.1, -0.05) is 18.2 Å². The topological polar surface area (TPSA) is 90.4 Å². The molecule has 6 heteroatoms. The Morgan fingerprint density at radius 3 is 2.62 bits per heavy atom. The number of nitrogen functional groups attached to an aromatic ring is 1. The predicted octanol–water partition coefficient (Wildman–Crippen LogP) is 3.75. The number of aryl methyl sites for hydroxylation is 1. The van der Waals surface area contributed by atoms with E-state index in [1.807, 2.05) is 54.1 Å². The first-order chi connectivity index (χ1) is 13.9. The molecule has 3 N–H and O–H groups in total. The normalized spacial score (nSPS) is 21.7. The fraction of sp³-hybridized carbons (Fsp3) is 0.304. The van der Waals surface area contributed by atoms with Crippen LogP contribution >= 0.6 is 0 Å². The molecule has 1 fully saturated rings. The summed E-state index contributed by atoms with van der Waals surface area (Å²) in [4.78, 5) is 16.7. The first-order valence-electron chi connectivity index (χ1n) is 9.83. The van der Waals surface area contributed by atoms with Gasteiger partial charge in [-0.3, -0.25) is 0 Å². The number of esters is 1. The summed E-state index contributed by atoms with van der Waals surface area (Å²) in [6.45, 7) is 1.99. The first kappa shape index (κ1) is 19.2. The highest BCUT2D eigenvalue weighted by molar-refractivity contribution is 5.89. The predicted molar refractivity (Wildman–Crippen MR) is 111 cm³/mol. The Kier molecular flexibility index (Phi) is 5.11. The number of benzene rings is 2. The highest BCUT2D eigenvalue weighted by atomic mass is 16.5. The molecular formula is C23H25N3O3. The summed E-state index contributed by atoms with van der Waals surface area (Å²) in [6.07, 6.45) is 5.53. The van der Waals surface area contributed by atoms with E-state index in [4.69, 9.17) is 10.5 Å². The lowest BCUT2D eigenvalue weighted by atomic mass is 9.81. The van der Waals surface area contributed by atoms with Crippen molar-refractivity contribution < 1.29 is 14.6 Å². The Morgan fingerprint density at radius 2 is 1.93 bits per heavy atom. The molecule has 1 aliphatic carbocycles. The molecule has 0 saturated heterocycles. The van der Waals surface area contributed by atoms with Crippen LogP contribution in [0.1, 0.15) is 47.3 Å². The molecule has 0 radical (unpaired) electrons. The zero-order chi connectivity index (χ0) is 20.4. The highest BCUT2D eigenvalue weighted by Crippen LogP contribution is 2.37. The highest BCUT2D eigenvalue weighted by Gasteiger charge is 2.38. The summed E-state index contributed by atoms with van der Waals surface area (Å²) in [5, 5.41) is 11.1. The average molecular weight is 391 g/mol. The van der Waals surface area contributed by atoms with E-state index in [0.29, 0.717) is 42.6 Å². The van der Waals surface area contributed by atoms with Gasteiger partial charge in [0.05, 0.1) is 17.6 Å². The van der Waals surface area contributed by atoms with E-state index in [2.05, 4.69) is 4.98 Å². The molecule has 1 heterocycles. The van der Waals surface area contributed by atoms with Crippen LogP contribution in [0.3, 0.4) is 0 Å². The lowest BCUT2D eigenvalue weighted by Crippen LogP contribution is -2.35. The largest absolute Gasteiger partial charge is 0.459 e. The first-order valence-corrected chi connectivity index (χ1v) is 9.83. The van der Waals surface area contributed by atoms with Crippen LogP contribution in [-0.2, 0) is 10.3 Å². The molecule has 0 unspecified atom stereocenters. The van der Waals surface area contributed by atoms with E-state index >= 15 is 0 Å². The van der Waals surface area contributed by atoms with Gasteiger partial charge in [-0.15, -0.1) is 0 Å². The third-order valence-electron chi connectivity index (χ3n) is 5.48. The average Bonchev–Trinajstić information content (AvgIpc) is 3.21. The number of nitrogens with two attached hydrogens (primary N) is 1. The van der Waals surface area contributed by atoms with Crippen LogP contribution < -0.4 is 5.73 Å². The molecule has 0 bridgehead atoms. The van der Waals surface area contributed by atoms with Gasteiger partial charge in [0, 0.05) is 17.6 Å². The second kappa shape index (κ2) is 7.72. The van der Waals surface area contributed by atoms with Gasteiger partial charge in [-0.2, -0.15) is 0 Å². The van der Waals surface area contributed by atoms with E-state index in [1.54, 1.807) is 18.5 Å². The smallest absolute Gasteiger partial charge is 0.338 e. The molecule has 4 rings (SSSR count). The molecule has 1 aliphatic rings. The van der Waals surface area contributed by atoms with Gasteiger partial charge in [-0.25, -0.2) is 9.78 Å². The fourth-order valence-electron chi connectivity index (χ4n) is 3.88. The number of anilines is 1. The van der Waals surface area contributed by atoms with Crippen molar-refractivity contribution in [3.8, 4) is 5.69 Å². The summed E-state index contributed by atoms with van der Waals surface area (Å²) < 4.78 is 7.49. The standard InChI is InChI=1S/C23H25N3O3/c1-16-11-18(24)13-19(12-16)26-14-21(25-15-26)23(28)9-7-20(8-10-23)29-22(27)17-5-3-2-4-6-17/h2-6,11-15,20,28H,7-10,24H2,1H3/t20-,23+. The summed E-state index contributed by atoms with van der Waals surface area (Å²) >= 11 is 0. The monoisotopic (exact) mass is 391 g/mol. The van der Waals surface area contributed by atoms with Crippen LogP contribution in [0.2, 0.25) is 0 Å². The second-order valence-electron chi connectivity index (χ2n) is 7.77. The van der Waals surface area contributed by atoms with Crippen LogP contribution in [0.15, 0.2) is 61.1 Å². The molecule has 3 aromatic rings. The Morgan fingerprint density at radius 1 is 1.21 bits per heavy atom. The SMILES string of the molecule is Cc1cc(N)cc(-n2cnc([C@]3(O)CC[C@@H](OC(=O)c4ccccc4)CC3)c2)c1. The van der Waals surface area contributed by atoms with Crippen LogP contribution in [0.25, 0.3) is 5.69 Å². The molecule has 0 aliphatic heterocycles. The van der Waals surface area contributed by atoms with Crippen molar-refractivity contribution in [3.63, 3.8) is 0 Å². The van der Waals surface area contributed by atoms with E-state index in [-0.39, 0.29) is 12.1 Å². The molecule has 29 heavy (non-hydrogen) atoms. The number of carbonyl (C=O) groups is 1. The molecule has 6 nitrogen and oxygen atoms in total. The summed E-state index contributed by atoms with van der Waals surface area (Å²) in [7, 11) is 0. The Labute approximate surface area is 170 Å². The molecule has 1 aromatic heterocycles. The maximum Gasteiger partial charge on any atom is 0.338 e. The second-order valence-corrected chi connectivity index (χ2v) is 7.77. The van der Waals surface area contributed by atoms with Gasteiger partial charge >= 0.3 is 5.97 Å². The number of ether oxygens (including phenoxy) is 1. The van der Waals surface area contributed by atoms with Crippen LogP contribution in [0.5, 0.6) is 0 Å². The van der Waals surface area contributed by atoms with Crippen molar-refractivity contribution in [1.29, 1.82) is 0 Å². The minimum atomic E-state index is -1.02. The number of rotatable bonds is 4. The minimum Gasteiger partial charge on any atom is -0.459 e. The van der Waals surface area contributed by atoms with E-state index in [1.165, 1.54) is 0 Å². The van der Waals surface area contributed by atoms with Crippen LogP contribution in [-0.4, -0.2) is 26.7 Å². The third-order valence-corrected chi connectivity index (χ3v) is 5.48. The lowest BCUT2D eigenvalue weighted by molar-refractivity contribution is -0.0485. The molecule has 0 spiro atoms. The zero-order valence-electron chi connectivity index (χ0n) is 16.4. The van der Waals surface area contributed by atoms with Crippen LogP contribution in [0.4, 0.5) is 5.69 Å². The zero-order valence-corrected chi connectivity index (χ0v) is 16.4. The van der Waals surface area contributed by atoms with Crippen molar-refractivity contribution >= 4 is 11.7 Å². The minimum absolute atomic E-state index is 0.193. The van der Waals surface area contributed by atoms with Gasteiger partial charge in [0.25, 0.3) is 0 Å². The number of aliphatic hydroxyl groups is 1. The number of hydrogen-bond donors (Lipinski definition) is 2. The van der Waals surface area contributed by atoms with Crippen molar-refractivity contribution in [3.05, 3.63) is 77.9 Å². The maximum absolute atomic E-state index is 12.2. The Hall–Kier alpha value is -3.12. The van der Waals surface area contributed by atoms with Gasteiger partial charge in [0.15, 0.2) is 0 Å². The van der Waals surface area contributed by atoms with Gasteiger partial charge in [0.1, 0.15) is 11.7 Å². The molecular weight excluding hydrogens is 366 g/mol. The number of aromatic nitrogens is 2. The van der Waals surface area contributed by atoms with E-state index in [9.17, 15) is 9.90 Å². The summed E-state index contributed by atoms with van der Waals surface area (Å²) in [6, 6.07) is 14.8.